The molecule has 3 aromatic rings. The van der Waals surface area contributed by atoms with Crippen LogP contribution in [0.2, 0.25) is 0 Å². The molecular formula is C18H17N5O3. The minimum Gasteiger partial charge on any atom is -0.467 e. The molecule has 0 saturated heterocycles. The molecule has 132 valence electrons. The molecule has 1 aromatic carbocycles. The lowest BCUT2D eigenvalue weighted by molar-refractivity contribution is -0.383. The quantitative estimate of drug-likeness (QED) is 0.553. The van der Waals surface area contributed by atoms with Crippen LogP contribution in [0.3, 0.4) is 0 Å². The van der Waals surface area contributed by atoms with Crippen molar-refractivity contribution < 1.29 is 9.34 Å². The summed E-state index contributed by atoms with van der Waals surface area (Å²) in [7, 11) is 0. The topological polar surface area (TPSA) is 97.3 Å². The van der Waals surface area contributed by atoms with E-state index in [1.165, 1.54) is 6.33 Å². The van der Waals surface area contributed by atoms with Gasteiger partial charge in [-0.15, -0.1) is 0 Å². The maximum absolute atomic E-state index is 11.8. The van der Waals surface area contributed by atoms with E-state index in [-0.39, 0.29) is 11.5 Å². The summed E-state index contributed by atoms with van der Waals surface area (Å²) in [5, 5.41) is 14.8. The molecule has 8 nitrogen and oxygen atoms in total. The van der Waals surface area contributed by atoms with E-state index < -0.39 is 4.92 Å². The minimum atomic E-state index is -0.434. The van der Waals surface area contributed by atoms with Crippen LogP contribution in [-0.2, 0) is 13.0 Å². The van der Waals surface area contributed by atoms with Gasteiger partial charge in [0.05, 0.1) is 17.7 Å². The van der Waals surface area contributed by atoms with E-state index in [9.17, 15) is 10.1 Å². The number of rotatable bonds is 5. The van der Waals surface area contributed by atoms with Gasteiger partial charge in [0.1, 0.15) is 12.1 Å². The molecule has 2 aromatic heterocycles. The molecule has 3 heterocycles. The van der Waals surface area contributed by atoms with Crippen molar-refractivity contribution in [2.75, 3.05) is 16.8 Å². The Bertz CT molecular complexity index is 926. The predicted molar refractivity (Wildman–Crippen MR) is 96.5 cm³/mol. The van der Waals surface area contributed by atoms with Crippen molar-refractivity contribution in [2.24, 2.45) is 0 Å². The van der Waals surface area contributed by atoms with E-state index in [0.29, 0.717) is 24.7 Å². The van der Waals surface area contributed by atoms with Crippen molar-refractivity contribution in [2.45, 2.75) is 19.4 Å². The SMILES string of the molecule is O=[N+]([O-])c1c(NCc2ccco2)ncnc1N1CCCc2ccccc21. The molecule has 1 aliphatic rings. The summed E-state index contributed by atoms with van der Waals surface area (Å²) in [6, 6.07) is 11.5. The summed E-state index contributed by atoms with van der Waals surface area (Å²) in [6.45, 7) is 0.980. The molecule has 0 saturated carbocycles. The predicted octanol–water partition coefficient (Wildman–Crippen LogP) is 3.67. The van der Waals surface area contributed by atoms with Crippen LogP contribution in [0.5, 0.6) is 0 Å². The smallest absolute Gasteiger partial charge is 0.353 e. The van der Waals surface area contributed by atoms with E-state index in [0.717, 1.165) is 24.1 Å². The van der Waals surface area contributed by atoms with Gasteiger partial charge >= 0.3 is 5.69 Å². The third-order valence-corrected chi connectivity index (χ3v) is 4.36. The maximum Gasteiger partial charge on any atom is 0.353 e. The molecule has 1 N–H and O–H groups in total. The fraction of sp³-hybridized carbons (Fsp3) is 0.222. The Hall–Kier alpha value is -3.42. The number of nitro groups is 1. The van der Waals surface area contributed by atoms with Crippen LogP contribution in [0, 0.1) is 10.1 Å². The van der Waals surface area contributed by atoms with Crippen LogP contribution in [-0.4, -0.2) is 21.4 Å². The molecule has 26 heavy (non-hydrogen) atoms. The van der Waals surface area contributed by atoms with E-state index >= 15 is 0 Å². The fourth-order valence-electron chi connectivity index (χ4n) is 3.20. The zero-order valence-electron chi connectivity index (χ0n) is 14.0. The van der Waals surface area contributed by atoms with Crippen LogP contribution in [0.25, 0.3) is 0 Å². The zero-order chi connectivity index (χ0) is 17.9. The van der Waals surface area contributed by atoms with Gasteiger partial charge in [-0.1, -0.05) is 18.2 Å². The first-order valence-corrected chi connectivity index (χ1v) is 8.35. The van der Waals surface area contributed by atoms with Crippen LogP contribution in [0.15, 0.2) is 53.4 Å². The lowest BCUT2D eigenvalue weighted by Gasteiger charge is -2.30. The van der Waals surface area contributed by atoms with Gasteiger partial charge in [0, 0.05) is 12.2 Å². The molecule has 0 spiro atoms. The van der Waals surface area contributed by atoms with E-state index in [4.69, 9.17) is 4.42 Å². The molecule has 0 aliphatic carbocycles. The number of benzene rings is 1. The van der Waals surface area contributed by atoms with Gasteiger partial charge in [-0.25, -0.2) is 9.97 Å². The number of furan rings is 1. The summed E-state index contributed by atoms with van der Waals surface area (Å²) in [5.74, 6) is 1.15. The van der Waals surface area contributed by atoms with Crippen molar-refractivity contribution in [1.29, 1.82) is 0 Å². The number of aryl methyl sites for hydroxylation is 1. The number of fused-ring (bicyclic) bond motifs is 1. The third-order valence-electron chi connectivity index (χ3n) is 4.36. The molecule has 0 amide bonds. The molecule has 0 radical (unpaired) electrons. The second-order valence-corrected chi connectivity index (χ2v) is 5.97. The first-order valence-electron chi connectivity index (χ1n) is 8.35. The largest absolute Gasteiger partial charge is 0.467 e. The first-order chi connectivity index (χ1) is 12.7. The summed E-state index contributed by atoms with van der Waals surface area (Å²) in [6.07, 6.45) is 4.77. The molecule has 4 rings (SSSR count). The monoisotopic (exact) mass is 351 g/mol. The number of nitrogens with zero attached hydrogens (tertiary/aromatic N) is 4. The highest BCUT2D eigenvalue weighted by molar-refractivity contribution is 5.77. The van der Waals surface area contributed by atoms with E-state index in [2.05, 4.69) is 15.3 Å². The minimum absolute atomic E-state index is 0.129. The second kappa shape index (κ2) is 6.83. The second-order valence-electron chi connectivity index (χ2n) is 5.97. The average molecular weight is 351 g/mol. The Morgan fingerprint density at radius 2 is 2.12 bits per heavy atom. The normalized spacial score (nSPS) is 13.3. The highest BCUT2D eigenvalue weighted by Crippen LogP contribution is 2.39. The summed E-state index contributed by atoms with van der Waals surface area (Å²) in [5.41, 5.74) is 1.99. The van der Waals surface area contributed by atoms with Gasteiger partial charge in [0.15, 0.2) is 0 Å². The fourth-order valence-corrected chi connectivity index (χ4v) is 3.20. The summed E-state index contributed by atoms with van der Waals surface area (Å²) < 4.78 is 5.26. The van der Waals surface area contributed by atoms with Crippen LogP contribution in [0.1, 0.15) is 17.7 Å². The lowest BCUT2D eigenvalue weighted by Crippen LogP contribution is -2.26. The van der Waals surface area contributed by atoms with Crippen LogP contribution in [0.4, 0.5) is 23.0 Å². The summed E-state index contributed by atoms with van der Waals surface area (Å²) >= 11 is 0. The molecule has 0 fully saturated rings. The first kappa shape index (κ1) is 16.1. The Morgan fingerprint density at radius 1 is 1.23 bits per heavy atom. The van der Waals surface area contributed by atoms with Crippen molar-refractivity contribution >= 4 is 23.0 Å². The molecule has 8 heteroatoms. The van der Waals surface area contributed by atoms with Crippen molar-refractivity contribution in [3.63, 3.8) is 0 Å². The third kappa shape index (κ3) is 2.97. The molecule has 0 unspecified atom stereocenters. The standard InChI is InChI=1S/C18H17N5O3/c24-23(25)16-17(19-11-14-7-4-10-26-14)20-12-21-18(16)22-9-3-6-13-5-1-2-8-15(13)22/h1-2,4-5,7-8,10,12H,3,6,9,11H2,(H,19,20,21). The summed E-state index contributed by atoms with van der Waals surface area (Å²) in [4.78, 5) is 21.6. The van der Waals surface area contributed by atoms with E-state index in [1.807, 2.05) is 29.2 Å². The Balaban J connectivity index is 1.73. The van der Waals surface area contributed by atoms with Gasteiger partial charge < -0.3 is 14.6 Å². The Morgan fingerprint density at radius 3 is 2.92 bits per heavy atom. The van der Waals surface area contributed by atoms with Gasteiger partial charge in [-0.3, -0.25) is 10.1 Å². The number of hydrogen-bond donors (Lipinski definition) is 1. The molecule has 0 atom stereocenters. The lowest BCUT2D eigenvalue weighted by atomic mass is 10.0. The number of nitrogens with one attached hydrogen (secondary N) is 1. The zero-order valence-corrected chi connectivity index (χ0v) is 14.0. The van der Waals surface area contributed by atoms with Crippen molar-refractivity contribution in [1.82, 2.24) is 9.97 Å². The van der Waals surface area contributed by atoms with Crippen LogP contribution < -0.4 is 10.2 Å². The average Bonchev–Trinajstić information content (AvgIpc) is 3.19. The van der Waals surface area contributed by atoms with Gasteiger partial charge in [0.25, 0.3) is 0 Å². The highest BCUT2D eigenvalue weighted by atomic mass is 16.6. The number of anilines is 3. The number of aromatic nitrogens is 2. The molecule has 1 aliphatic heterocycles. The Labute approximate surface area is 149 Å². The molecule has 0 bridgehead atoms. The van der Waals surface area contributed by atoms with Gasteiger partial charge in [0.2, 0.25) is 11.6 Å². The number of hydrogen-bond acceptors (Lipinski definition) is 7. The number of para-hydroxylation sites is 1. The maximum atomic E-state index is 11.8. The highest BCUT2D eigenvalue weighted by Gasteiger charge is 2.30. The van der Waals surface area contributed by atoms with E-state index in [1.54, 1.807) is 18.4 Å². The van der Waals surface area contributed by atoms with Crippen LogP contribution >= 0.6 is 0 Å². The molecular weight excluding hydrogens is 334 g/mol. The van der Waals surface area contributed by atoms with Crippen molar-refractivity contribution in [3.8, 4) is 0 Å². The van der Waals surface area contributed by atoms with Gasteiger partial charge in [-0.2, -0.15) is 0 Å². The Kier molecular flexibility index (Phi) is 4.22. The van der Waals surface area contributed by atoms with Crippen molar-refractivity contribution in [3.05, 3.63) is 70.4 Å². The van der Waals surface area contributed by atoms with Gasteiger partial charge in [-0.05, 0) is 36.6 Å².